The van der Waals surface area contributed by atoms with E-state index >= 15 is 0 Å². The van der Waals surface area contributed by atoms with Gasteiger partial charge in [-0.05, 0) is 26.0 Å². The van der Waals surface area contributed by atoms with Crippen LogP contribution < -0.4 is 0 Å². The molecule has 0 aliphatic carbocycles. The van der Waals surface area contributed by atoms with Crippen LogP contribution >= 0.6 is 0 Å². The summed E-state index contributed by atoms with van der Waals surface area (Å²) >= 11 is 0. The smallest absolute Gasteiger partial charge is 0.0606 e. The van der Waals surface area contributed by atoms with Gasteiger partial charge in [0.2, 0.25) is 0 Å². The highest BCUT2D eigenvalue weighted by Gasteiger charge is 1.90. The molecule has 1 heterocycles. The van der Waals surface area contributed by atoms with Gasteiger partial charge in [-0.15, -0.1) is 0 Å². The lowest BCUT2D eigenvalue weighted by atomic mass is 10.2. The molecule has 2 heteroatoms. The van der Waals surface area contributed by atoms with Gasteiger partial charge < -0.3 is 0 Å². The maximum atomic E-state index is 4.07. The summed E-state index contributed by atoms with van der Waals surface area (Å²) in [6, 6.07) is 1.99. The Morgan fingerprint density at radius 1 is 1.58 bits per heavy atom. The van der Waals surface area contributed by atoms with Crippen molar-refractivity contribution in [2.45, 2.75) is 13.8 Å². The average Bonchev–Trinajstić information content (AvgIpc) is 2.47. The quantitative estimate of drug-likeness (QED) is 0.610. The van der Waals surface area contributed by atoms with E-state index < -0.39 is 0 Å². The van der Waals surface area contributed by atoms with E-state index in [1.807, 2.05) is 24.7 Å². The maximum absolute atomic E-state index is 4.07. The number of hydrogen-bond acceptors (Lipinski definition) is 1. The largest absolute Gasteiger partial charge is 0.269 e. The van der Waals surface area contributed by atoms with Gasteiger partial charge >= 0.3 is 0 Å². The first kappa shape index (κ1) is 8.78. The van der Waals surface area contributed by atoms with Gasteiger partial charge in [-0.25, -0.2) is 0 Å². The molecule has 0 aliphatic rings. The molecule has 0 amide bonds. The first-order valence-electron chi connectivity index (χ1n) is 4.03. The molecule has 0 spiro atoms. The van der Waals surface area contributed by atoms with Crippen LogP contribution in [0.25, 0.3) is 6.08 Å². The number of aryl methyl sites for hydroxylation is 1. The van der Waals surface area contributed by atoms with Gasteiger partial charge in [-0.2, -0.15) is 5.10 Å². The van der Waals surface area contributed by atoms with E-state index in [4.69, 9.17) is 0 Å². The van der Waals surface area contributed by atoms with Crippen LogP contribution in [0, 0.1) is 0 Å². The van der Waals surface area contributed by atoms with Crippen LogP contribution in [0.1, 0.15) is 19.5 Å². The third-order valence-corrected chi connectivity index (χ3v) is 1.83. The SMILES string of the molecule is C/C=C(C)\C=C/c1ccnn1C. The van der Waals surface area contributed by atoms with Crippen molar-refractivity contribution in [3.63, 3.8) is 0 Å². The van der Waals surface area contributed by atoms with E-state index in [1.54, 1.807) is 6.20 Å². The third kappa shape index (κ3) is 2.09. The fourth-order valence-electron chi connectivity index (χ4n) is 0.861. The van der Waals surface area contributed by atoms with Crippen molar-refractivity contribution in [3.05, 3.63) is 35.7 Å². The van der Waals surface area contributed by atoms with Crippen molar-refractivity contribution >= 4 is 6.08 Å². The van der Waals surface area contributed by atoms with Crippen molar-refractivity contribution in [1.29, 1.82) is 0 Å². The molecular weight excluding hydrogens is 148 g/mol. The monoisotopic (exact) mass is 162 g/mol. The number of nitrogens with zero attached hydrogens (tertiary/aromatic N) is 2. The average molecular weight is 162 g/mol. The fourth-order valence-corrected chi connectivity index (χ4v) is 0.861. The lowest BCUT2D eigenvalue weighted by molar-refractivity contribution is 0.759. The zero-order chi connectivity index (χ0) is 8.97. The van der Waals surface area contributed by atoms with Gasteiger partial charge in [0.1, 0.15) is 0 Å². The second kappa shape index (κ2) is 3.90. The van der Waals surface area contributed by atoms with Crippen LogP contribution in [0.3, 0.4) is 0 Å². The van der Waals surface area contributed by atoms with Gasteiger partial charge in [-0.1, -0.05) is 17.7 Å². The predicted octanol–water partition coefficient (Wildman–Crippen LogP) is 2.40. The van der Waals surface area contributed by atoms with Crippen LogP contribution in [0.5, 0.6) is 0 Å². The molecule has 12 heavy (non-hydrogen) atoms. The van der Waals surface area contributed by atoms with Crippen molar-refractivity contribution in [3.8, 4) is 0 Å². The second-order valence-electron chi connectivity index (χ2n) is 2.75. The molecule has 0 aromatic carbocycles. The van der Waals surface area contributed by atoms with Gasteiger partial charge in [0.25, 0.3) is 0 Å². The van der Waals surface area contributed by atoms with Crippen LogP contribution in [0.15, 0.2) is 30.0 Å². The normalized spacial score (nSPS) is 12.8. The summed E-state index contributed by atoms with van der Waals surface area (Å²) in [5, 5.41) is 4.07. The van der Waals surface area contributed by atoms with E-state index in [1.165, 1.54) is 5.57 Å². The summed E-state index contributed by atoms with van der Waals surface area (Å²) in [5.74, 6) is 0. The molecule has 0 unspecified atom stereocenters. The Morgan fingerprint density at radius 3 is 2.83 bits per heavy atom. The minimum atomic E-state index is 1.12. The maximum Gasteiger partial charge on any atom is 0.0606 e. The highest BCUT2D eigenvalue weighted by Crippen LogP contribution is 2.02. The molecular formula is C10H14N2. The Hall–Kier alpha value is -1.31. The second-order valence-corrected chi connectivity index (χ2v) is 2.75. The molecule has 1 aromatic rings. The molecule has 0 saturated carbocycles. The lowest BCUT2D eigenvalue weighted by Crippen LogP contribution is -1.91. The van der Waals surface area contributed by atoms with Gasteiger partial charge in [0.05, 0.1) is 5.69 Å². The van der Waals surface area contributed by atoms with Crippen LogP contribution in [-0.2, 0) is 7.05 Å². The van der Waals surface area contributed by atoms with E-state index in [9.17, 15) is 0 Å². The third-order valence-electron chi connectivity index (χ3n) is 1.83. The predicted molar refractivity (Wildman–Crippen MR) is 51.7 cm³/mol. The summed E-state index contributed by atoms with van der Waals surface area (Å²) in [4.78, 5) is 0. The minimum absolute atomic E-state index is 1.12. The zero-order valence-electron chi connectivity index (χ0n) is 7.78. The molecule has 0 fully saturated rings. The van der Waals surface area contributed by atoms with Gasteiger partial charge in [0.15, 0.2) is 0 Å². The summed E-state index contributed by atoms with van der Waals surface area (Å²) in [6.45, 7) is 4.11. The Morgan fingerprint density at radius 2 is 2.33 bits per heavy atom. The van der Waals surface area contributed by atoms with Crippen molar-refractivity contribution < 1.29 is 0 Å². The topological polar surface area (TPSA) is 17.8 Å². The van der Waals surface area contributed by atoms with Crippen LogP contribution in [0.4, 0.5) is 0 Å². The van der Waals surface area contributed by atoms with E-state index in [0.29, 0.717) is 0 Å². The molecule has 0 atom stereocenters. The first-order chi connectivity index (χ1) is 5.74. The zero-order valence-corrected chi connectivity index (χ0v) is 7.78. The van der Waals surface area contributed by atoms with Crippen LogP contribution in [0.2, 0.25) is 0 Å². The Kier molecular flexibility index (Phi) is 2.86. The number of rotatable bonds is 2. The summed E-state index contributed by atoms with van der Waals surface area (Å²) < 4.78 is 1.85. The fraction of sp³-hybridized carbons (Fsp3) is 0.300. The summed E-state index contributed by atoms with van der Waals surface area (Å²) in [5.41, 5.74) is 2.38. The molecule has 1 aromatic heterocycles. The Labute approximate surface area is 73.2 Å². The van der Waals surface area contributed by atoms with Crippen LogP contribution in [-0.4, -0.2) is 9.78 Å². The van der Waals surface area contributed by atoms with Crippen molar-refractivity contribution in [1.82, 2.24) is 9.78 Å². The molecule has 0 bridgehead atoms. The van der Waals surface area contributed by atoms with Gasteiger partial charge in [-0.3, -0.25) is 4.68 Å². The minimum Gasteiger partial charge on any atom is -0.269 e. The number of hydrogen-bond donors (Lipinski definition) is 0. The molecule has 64 valence electrons. The molecule has 0 saturated heterocycles. The number of aromatic nitrogens is 2. The first-order valence-corrected chi connectivity index (χ1v) is 4.03. The highest BCUT2D eigenvalue weighted by molar-refractivity contribution is 5.48. The Balaban J connectivity index is 2.76. The standard InChI is InChI=1S/C10H14N2/c1-4-9(2)5-6-10-7-8-11-12(10)3/h4-8H,1-3H3/b6-5-,9-4-. The van der Waals surface area contributed by atoms with Gasteiger partial charge in [0, 0.05) is 13.2 Å². The Bertz CT molecular complexity index is 305. The molecule has 2 nitrogen and oxygen atoms in total. The van der Waals surface area contributed by atoms with Crippen molar-refractivity contribution in [2.75, 3.05) is 0 Å². The molecule has 0 N–H and O–H groups in total. The lowest BCUT2D eigenvalue weighted by Gasteiger charge is -1.93. The van der Waals surface area contributed by atoms with E-state index in [-0.39, 0.29) is 0 Å². The van der Waals surface area contributed by atoms with E-state index in [0.717, 1.165) is 5.69 Å². The summed E-state index contributed by atoms with van der Waals surface area (Å²) in [6.07, 6.45) is 8.01. The van der Waals surface area contributed by atoms with E-state index in [2.05, 4.69) is 30.3 Å². The highest BCUT2D eigenvalue weighted by atomic mass is 15.2. The molecule has 1 rings (SSSR count). The molecule has 0 radical (unpaired) electrons. The van der Waals surface area contributed by atoms with Crippen molar-refractivity contribution in [2.24, 2.45) is 7.05 Å². The summed E-state index contributed by atoms with van der Waals surface area (Å²) in [7, 11) is 1.94. The number of allylic oxidation sites excluding steroid dienone is 3. The molecule has 0 aliphatic heterocycles.